The van der Waals surface area contributed by atoms with Crippen LogP contribution in [0.1, 0.15) is 136 Å². The van der Waals surface area contributed by atoms with Gasteiger partial charge in [0.05, 0.1) is 16.4 Å². The first-order valence-electron chi connectivity index (χ1n) is 30.4. The van der Waals surface area contributed by atoms with Crippen molar-refractivity contribution in [3.63, 3.8) is 0 Å². The minimum absolute atomic E-state index is 0.00291. The van der Waals surface area contributed by atoms with Crippen molar-refractivity contribution in [2.45, 2.75) is 120 Å². The number of anilines is 5. The molecule has 0 bridgehead atoms. The van der Waals surface area contributed by atoms with E-state index in [0.717, 1.165) is 22.3 Å². The van der Waals surface area contributed by atoms with E-state index in [0.29, 0.717) is 83.1 Å². The van der Waals surface area contributed by atoms with Gasteiger partial charge in [-0.25, -0.2) is 0 Å². The molecule has 0 amide bonds. The van der Waals surface area contributed by atoms with Gasteiger partial charge >= 0.3 is 0 Å². The lowest BCUT2D eigenvalue weighted by Gasteiger charge is -2.27. The van der Waals surface area contributed by atoms with Gasteiger partial charge in [-0.2, -0.15) is 0 Å². The first kappa shape index (κ1) is 28.1. The van der Waals surface area contributed by atoms with Crippen molar-refractivity contribution in [3.8, 4) is 0 Å². The summed E-state index contributed by atoms with van der Waals surface area (Å²) in [6, 6.07) is 8.73. The quantitative estimate of drug-likeness (QED) is 0.185. The molecule has 0 heterocycles. The van der Waals surface area contributed by atoms with Gasteiger partial charge in [0.25, 0.3) is 0 Å². The smallest absolute Gasteiger partial charge is 0.0648 e. The highest BCUT2D eigenvalue weighted by Crippen LogP contribution is 2.45. The highest BCUT2D eigenvalue weighted by Gasteiger charge is 2.32. The van der Waals surface area contributed by atoms with Crippen molar-refractivity contribution in [3.05, 3.63) is 179 Å². The Morgan fingerprint density at radius 3 is 1.24 bits per heavy atom. The third-order valence-corrected chi connectivity index (χ3v) is 12.7. The molecule has 0 atom stereocenters. The molecule has 6 aromatic rings. The second kappa shape index (κ2) is 17.4. The normalized spacial score (nSPS) is 22.1. The minimum atomic E-state index is -2.52. The van der Waals surface area contributed by atoms with Gasteiger partial charge in [-0.05, 0) is 227 Å². The average Bonchev–Trinajstić information content (AvgIpc) is 4.19. The number of hydrogen-bond acceptors (Lipinski definition) is 2. The molecule has 5 heteroatoms. The van der Waals surface area contributed by atoms with Crippen LogP contribution in [0.2, 0.25) is 10.0 Å². The van der Waals surface area contributed by atoms with Gasteiger partial charge in [-0.3, -0.25) is 0 Å². The van der Waals surface area contributed by atoms with Crippen molar-refractivity contribution in [1.29, 1.82) is 0 Å². The Kier molecular flexibility index (Phi) is 7.77. The van der Waals surface area contributed by atoms with Crippen molar-refractivity contribution < 1.29 is 24.7 Å². The van der Waals surface area contributed by atoms with E-state index in [2.05, 4.69) is 48.9 Å². The zero-order valence-electron chi connectivity index (χ0n) is 55.2. The van der Waals surface area contributed by atoms with E-state index in [1.807, 2.05) is 27.7 Å². The predicted molar refractivity (Wildman–Crippen MR) is 276 cm³/mol. The molecule has 10 rings (SSSR count). The molecule has 1 N–H and O–H groups in total. The molecule has 4 aliphatic rings. The standard InChI is InChI=1S/C29H32ClN.C22H27N.C7H6BrCl/c1-19-10-24(30)14-27(11-19)31(25-8-6-20-15-28(2,3)17-22(20)12-25)26-9-7-21-16-29(4,5)18-23(21)13-26;1-21(2)11-15-5-7-19(9-17(15)13-21)23-20-8-6-16-12-22(3,4)14-18(16)10-20;1-5-2-6(8)4-7(9)3-5/h6-14H,15-18H2,1-5H3;5-10,23H,11-14H2,1-4H3;2-4H,1H3/i1D3,6D,7D,8D,9D,12D,13D;5D,6D,7D,8D,9D,10D;1D3. The Morgan fingerprint density at radius 1 is 0.460 bits per heavy atom. The van der Waals surface area contributed by atoms with Crippen LogP contribution in [-0.2, 0) is 51.4 Å². The maximum absolute atomic E-state index is 9.25. The topological polar surface area (TPSA) is 15.3 Å². The molecule has 0 aromatic heterocycles. The SMILES string of the molecule is [2H]C([2H])([2H])c1cc(Cl)cc(Br)c1.[2H]c1c([2H])c(N(c2cc(Cl)cc(C([2H])([2H])[2H])c2)c2c([2H])c([2H])c3c(c2[2H])CC(C)(C)C3)c([2H])c2c1CC(C)(C)C2.[2H]c1c([2H])c(Nc2c([2H])c([2H])c3c(c2[2H])CC(C)(C)C3)c([2H])c2c1CC(C)(C)C2. The summed E-state index contributed by atoms with van der Waals surface area (Å²) in [6.07, 6.45) is 4.85. The molecule has 0 saturated carbocycles. The second-order valence-corrected chi connectivity index (χ2v) is 22.5. The zero-order chi connectivity index (χ0) is 60.5. The second-order valence-electron chi connectivity index (χ2n) is 20.7. The van der Waals surface area contributed by atoms with Gasteiger partial charge < -0.3 is 10.2 Å². The summed E-state index contributed by atoms with van der Waals surface area (Å²) in [4.78, 5) is 1.36. The molecular weight excluding hydrogens is 875 g/mol. The van der Waals surface area contributed by atoms with Crippen molar-refractivity contribution in [2.75, 3.05) is 10.2 Å². The number of nitrogens with one attached hydrogen (secondary N) is 1. The molecule has 2 nitrogen and oxygen atoms in total. The molecular formula is C58H65BrCl2N2. The maximum Gasteiger partial charge on any atom is 0.0648 e. The van der Waals surface area contributed by atoms with Crippen LogP contribution in [0.4, 0.5) is 28.4 Å². The van der Waals surface area contributed by atoms with Crippen molar-refractivity contribution in [2.24, 2.45) is 21.7 Å². The fourth-order valence-corrected chi connectivity index (χ4v) is 10.3. The lowest BCUT2D eigenvalue weighted by molar-refractivity contribution is 0.392. The largest absolute Gasteiger partial charge is 0.356 e. The highest BCUT2D eigenvalue weighted by molar-refractivity contribution is 9.10. The van der Waals surface area contributed by atoms with Crippen LogP contribution >= 0.6 is 39.1 Å². The van der Waals surface area contributed by atoms with Gasteiger partial charge in [0.1, 0.15) is 0 Å². The maximum atomic E-state index is 9.25. The molecule has 63 heavy (non-hydrogen) atoms. The minimum Gasteiger partial charge on any atom is -0.356 e. The molecule has 0 radical (unpaired) electrons. The number of aryl methyl sites for hydroxylation is 2. The lowest BCUT2D eigenvalue weighted by Crippen LogP contribution is -2.11. The summed E-state index contributed by atoms with van der Waals surface area (Å²) in [5, 5.41) is 3.51. The van der Waals surface area contributed by atoms with Gasteiger partial charge in [-0.15, -0.1) is 0 Å². The van der Waals surface area contributed by atoms with E-state index in [4.69, 9.17) is 45.1 Å². The van der Waals surface area contributed by atoms with Gasteiger partial charge in [-0.1, -0.05) is 119 Å². The van der Waals surface area contributed by atoms with Crippen LogP contribution in [0.3, 0.4) is 0 Å². The summed E-state index contributed by atoms with van der Waals surface area (Å²) in [6.45, 7) is 12.0. The fourth-order valence-electron chi connectivity index (χ4n) is 9.25. The van der Waals surface area contributed by atoms with E-state index in [-0.39, 0.29) is 139 Å². The first-order chi connectivity index (χ1) is 37.0. The molecule has 0 fully saturated rings. The number of nitrogens with zero attached hydrogens (tertiary/aromatic N) is 1. The predicted octanol–water partition coefficient (Wildman–Crippen LogP) is 17.5. The first-order valence-corrected chi connectivity index (χ1v) is 22.9. The Bertz CT molecular complexity index is 3400. The fraction of sp³-hybridized carbons (Fsp3) is 0.379. The van der Waals surface area contributed by atoms with Gasteiger partial charge in [0, 0.05) is 51.2 Å². The van der Waals surface area contributed by atoms with E-state index in [1.54, 1.807) is 12.1 Å². The van der Waals surface area contributed by atoms with E-state index in [1.165, 1.54) is 29.2 Å². The third-order valence-electron chi connectivity index (χ3n) is 11.8. The monoisotopic (exact) mass is 956 g/mol. The van der Waals surface area contributed by atoms with Crippen molar-refractivity contribution in [1.82, 2.24) is 0 Å². The zero-order valence-corrected chi connectivity index (χ0v) is 40.3. The molecule has 0 aliphatic heterocycles. The summed E-state index contributed by atoms with van der Waals surface area (Å²) in [5.41, 5.74) is 5.81. The van der Waals surface area contributed by atoms with Crippen LogP contribution in [0.15, 0.2) is 113 Å². The number of halogens is 3. The Labute approximate surface area is 422 Å². The summed E-state index contributed by atoms with van der Waals surface area (Å²) >= 11 is 15.3. The number of rotatable bonds is 5. The molecule has 6 aromatic carbocycles. The molecule has 0 spiro atoms. The molecule has 0 saturated heterocycles. The number of fused-ring (bicyclic) bond motifs is 4. The Hall–Kier alpha value is -4.02. The van der Waals surface area contributed by atoms with Crippen LogP contribution in [-0.4, -0.2) is 0 Å². The van der Waals surface area contributed by atoms with Crippen LogP contribution in [0.5, 0.6) is 0 Å². The number of benzene rings is 6. The van der Waals surface area contributed by atoms with E-state index in [9.17, 15) is 2.74 Å². The van der Waals surface area contributed by atoms with Gasteiger partial charge in [0.2, 0.25) is 0 Å². The molecule has 4 aliphatic carbocycles. The Balaban J connectivity index is 0.000000182. The lowest BCUT2D eigenvalue weighted by atomic mass is 9.90. The molecule has 0 unspecified atom stereocenters. The van der Waals surface area contributed by atoms with Crippen LogP contribution < -0.4 is 10.2 Å². The summed E-state index contributed by atoms with van der Waals surface area (Å²) < 4.78 is 151. The van der Waals surface area contributed by atoms with E-state index < -0.39 is 13.7 Å². The van der Waals surface area contributed by atoms with E-state index >= 15 is 0 Å². The Morgan fingerprint density at radius 2 is 0.825 bits per heavy atom. The third kappa shape index (κ3) is 11.1. The van der Waals surface area contributed by atoms with Crippen LogP contribution in [0.25, 0.3) is 0 Å². The molecule has 328 valence electrons. The van der Waals surface area contributed by atoms with Crippen LogP contribution in [0, 0.1) is 35.4 Å². The van der Waals surface area contributed by atoms with Crippen molar-refractivity contribution >= 4 is 67.6 Å². The number of hydrogen-bond donors (Lipinski definition) is 1. The van der Waals surface area contributed by atoms with Gasteiger partial charge in [0.15, 0.2) is 0 Å². The summed E-state index contributed by atoms with van der Waals surface area (Å²) in [7, 11) is 0. The average molecular weight is 959 g/mol. The highest BCUT2D eigenvalue weighted by atomic mass is 79.9. The summed E-state index contributed by atoms with van der Waals surface area (Å²) in [5.74, 6) is 0.